The van der Waals surface area contributed by atoms with Crippen LogP contribution in [0.4, 0.5) is 5.88 Å². The van der Waals surface area contributed by atoms with Crippen molar-refractivity contribution < 1.29 is 13.9 Å². The molecule has 4 rings (SSSR count). The first-order valence-electron chi connectivity index (χ1n) is 11.2. The van der Waals surface area contributed by atoms with Gasteiger partial charge in [0.25, 0.3) is 5.56 Å². The second-order valence-electron chi connectivity index (χ2n) is 7.70. The largest absolute Gasteiger partial charge is 0.463 e. The average molecular weight is 500 g/mol. The summed E-state index contributed by atoms with van der Waals surface area (Å²) in [4.78, 5) is 33.7. The van der Waals surface area contributed by atoms with Crippen LogP contribution in [0.15, 0.2) is 61.9 Å². The number of benzene rings is 1. The number of carbonyl (C=O) groups excluding carboxylic acids is 1. The third kappa shape index (κ3) is 4.48. The van der Waals surface area contributed by atoms with E-state index < -0.39 is 12.0 Å². The number of hydrogen-bond donors (Lipinski definition) is 0. The first-order valence-corrected chi connectivity index (χ1v) is 12.4. The van der Waals surface area contributed by atoms with Gasteiger partial charge < -0.3 is 14.1 Å². The lowest BCUT2D eigenvalue weighted by atomic mass is 9.96. The molecular formula is C25H26ClN3O4S. The highest BCUT2D eigenvalue weighted by atomic mass is 35.5. The molecule has 3 heterocycles. The molecule has 0 fully saturated rings. The van der Waals surface area contributed by atoms with Gasteiger partial charge in [-0.2, -0.15) is 0 Å². The van der Waals surface area contributed by atoms with E-state index in [1.807, 2.05) is 24.3 Å². The maximum atomic E-state index is 13.6. The molecule has 0 saturated carbocycles. The van der Waals surface area contributed by atoms with Crippen molar-refractivity contribution in [2.45, 2.75) is 33.7 Å². The summed E-state index contributed by atoms with van der Waals surface area (Å²) in [5.74, 6) is 0.841. The summed E-state index contributed by atoms with van der Waals surface area (Å²) in [7, 11) is 0. The Labute approximate surface area is 206 Å². The van der Waals surface area contributed by atoms with Gasteiger partial charge in [-0.3, -0.25) is 9.36 Å². The predicted molar refractivity (Wildman–Crippen MR) is 134 cm³/mol. The number of rotatable bonds is 7. The van der Waals surface area contributed by atoms with Gasteiger partial charge in [0.15, 0.2) is 10.7 Å². The van der Waals surface area contributed by atoms with E-state index >= 15 is 0 Å². The van der Waals surface area contributed by atoms with Gasteiger partial charge in [-0.25, -0.2) is 9.79 Å². The number of thiazole rings is 1. The Kier molecular flexibility index (Phi) is 7.09. The zero-order valence-electron chi connectivity index (χ0n) is 19.5. The van der Waals surface area contributed by atoms with Crippen LogP contribution in [0.25, 0.3) is 6.08 Å². The lowest BCUT2D eigenvalue weighted by Gasteiger charge is -2.24. The number of anilines is 1. The fourth-order valence-electron chi connectivity index (χ4n) is 4.01. The number of ether oxygens (including phenoxy) is 1. The lowest BCUT2D eigenvalue weighted by Crippen LogP contribution is -2.39. The summed E-state index contributed by atoms with van der Waals surface area (Å²) in [6, 6.07) is 10.2. The van der Waals surface area contributed by atoms with E-state index in [-0.39, 0.29) is 12.2 Å². The molecule has 0 amide bonds. The Balaban J connectivity index is 1.87. The zero-order valence-corrected chi connectivity index (χ0v) is 21.1. The van der Waals surface area contributed by atoms with Crippen LogP contribution in [0, 0.1) is 0 Å². The van der Waals surface area contributed by atoms with E-state index in [1.165, 1.54) is 11.3 Å². The maximum absolute atomic E-state index is 13.6. The molecule has 34 heavy (non-hydrogen) atoms. The number of hydrogen-bond acceptors (Lipinski definition) is 7. The molecular weight excluding hydrogens is 474 g/mol. The van der Waals surface area contributed by atoms with E-state index in [9.17, 15) is 9.59 Å². The van der Waals surface area contributed by atoms with Crippen LogP contribution in [0.2, 0.25) is 5.02 Å². The molecule has 0 N–H and O–H groups in total. The number of esters is 1. The minimum atomic E-state index is -0.669. The SMILES string of the molecule is CCOC(=O)C1=C(C)N=c2s/c(=C/c3ccc(N(CC)CC)o3)c(=O)n2C1c1ccc(Cl)cc1. The monoisotopic (exact) mass is 499 g/mol. The second kappa shape index (κ2) is 10.0. The summed E-state index contributed by atoms with van der Waals surface area (Å²) >= 11 is 7.35. The molecule has 3 aromatic rings. The number of furan rings is 1. The summed E-state index contributed by atoms with van der Waals surface area (Å²) in [5, 5.41) is 0.566. The fourth-order valence-corrected chi connectivity index (χ4v) is 5.16. The first kappa shape index (κ1) is 24.0. The predicted octanol–water partition coefficient (Wildman–Crippen LogP) is 3.89. The van der Waals surface area contributed by atoms with Crippen LogP contribution >= 0.6 is 22.9 Å². The molecule has 1 aliphatic heterocycles. The van der Waals surface area contributed by atoms with Gasteiger partial charge >= 0.3 is 5.97 Å². The van der Waals surface area contributed by atoms with Crippen molar-refractivity contribution in [3.63, 3.8) is 0 Å². The van der Waals surface area contributed by atoms with E-state index in [0.717, 1.165) is 24.5 Å². The van der Waals surface area contributed by atoms with Crippen molar-refractivity contribution in [2.24, 2.45) is 4.99 Å². The standard InChI is InChI=1S/C25H26ClN3O4S/c1-5-28(6-2)20-13-12-18(33-20)14-19-23(30)29-22(16-8-10-17(26)11-9-16)21(24(31)32-7-3)15(4)27-25(29)34-19/h8-14,22H,5-7H2,1-4H3/b19-14+. The van der Waals surface area contributed by atoms with Gasteiger partial charge in [-0.1, -0.05) is 35.1 Å². The van der Waals surface area contributed by atoms with Gasteiger partial charge in [-0.15, -0.1) is 0 Å². The van der Waals surface area contributed by atoms with Gasteiger partial charge in [0.05, 0.1) is 28.5 Å². The van der Waals surface area contributed by atoms with Crippen LogP contribution in [0.1, 0.15) is 45.1 Å². The zero-order chi connectivity index (χ0) is 24.4. The van der Waals surface area contributed by atoms with Gasteiger partial charge in [-0.05, 0) is 51.5 Å². The molecule has 2 aromatic heterocycles. The Bertz CT molecular complexity index is 1410. The van der Waals surface area contributed by atoms with E-state index in [1.54, 1.807) is 36.6 Å². The minimum Gasteiger partial charge on any atom is -0.463 e. The van der Waals surface area contributed by atoms with Crippen LogP contribution in [-0.2, 0) is 9.53 Å². The molecule has 1 aromatic carbocycles. The highest BCUT2D eigenvalue weighted by Crippen LogP contribution is 2.31. The van der Waals surface area contributed by atoms with Crippen molar-refractivity contribution in [1.29, 1.82) is 0 Å². The van der Waals surface area contributed by atoms with E-state index in [4.69, 9.17) is 20.8 Å². The summed E-state index contributed by atoms with van der Waals surface area (Å²) in [6.45, 7) is 9.49. The average Bonchev–Trinajstić information content (AvgIpc) is 3.39. The van der Waals surface area contributed by atoms with Crippen LogP contribution in [0.5, 0.6) is 0 Å². The summed E-state index contributed by atoms with van der Waals surface area (Å²) in [5.41, 5.74) is 1.35. The quantitative estimate of drug-likeness (QED) is 0.461. The van der Waals surface area contributed by atoms with Gasteiger partial charge in [0.1, 0.15) is 5.76 Å². The van der Waals surface area contributed by atoms with Crippen molar-refractivity contribution in [3.8, 4) is 0 Å². The third-order valence-electron chi connectivity index (χ3n) is 5.66. The first-order chi connectivity index (χ1) is 16.4. The molecule has 1 atom stereocenters. The number of allylic oxidation sites excluding steroid dienone is 1. The second-order valence-corrected chi connectivity index (χ2v) is 9.15. The van der Waals surface area contributed by atoms with Crippen molar-refractivity contribution in [2.75, 3.05) is 24.6 Å². The fraction of sp³-hybridized carbons (Fsp3) is 0.320. The maximum Gasteiger partial charge on any atom is 0.338 e. The number of fused-ring (bicyclic) bond motifs is 1. The molecule has 0 aliphatic carbocycles. The normalized spacial score (nSPS) is 15.8. The Morgan fingerprint density at radius 3 is 2.56 bits per heavy atom. The Morgan fingerprint density at radius 2 is 1.91 bits per heavy atom. The van der Waals surface area contributed by atoms with E-state index in [2.05, 4.69) is 23.7 Å². The van der Waals surface area contributed by atoms with Crippen LogP contribution in [-0.4, -0.2) is 30.2 Å². The van der Waals surface area contributed by atoms with Gasteiger partial charge in [0.2, 0.25) is 0 Å². The molecule has 0 radical (unpaired) electrons. The topological polar surface area (TPSA) is 77.0 Å². The van der Waals surface area contributed by atoms with Gasteiger partial charge in [0, 0.05) is 30.3 Å². The summed E-state index contributed by atoms with van der Waals surface area (Å²) in [6.07, 6.45) is 1.72. The molecule has 0 bridgehead atoms. The number of carbonyl (C=O) groups is 1. The Morgan fingerprint density at radius 1 is 1.21 bits per heavy atom. The number of halogens is 1. The van der Waals surface area contributed by atoms with Crippen molar-refractivity contribution in [1.82, 2.24) is 4.57 Å². The highest BCUT2D eigenvalue weighted by Gasteiger charge is 2.33. The van der Waals surface area contributed by atoms with Crippen LogP contribution < -0.4 is 19.8 Å². The molecule has 1 unspecified atom stereocenters. The molecule has 7 nitrogen and oxygen atoms in total. The van der Waals surface area contributed by atoms with Crippen molar-refractivity contribution in [3.05, 3.63) is 83.7 Å². The minimum absolute atomic E-state index is 0.223. The van der Waals surface area contributed by atoms with E-state index in [0.29, 0.717) is 31.4 Å². The number of aromatic nitrogens is 1. The molecule has 9 heteroatoms. The number of nitrogens with zero attached hydrogens (tertiary/aromatic N) is 3. The third-order valence-corrected chi connectivity index (χ3v) is 6.90. The molecule has 1 aliphatic rings. The smallest absolute Gasteiger partial charge is 0.338 e. The van der Waals surface area contributed by atoms with Crippen LogP contribution in [0.3, 0.4) is 0 Å². The molecule has 0 saturated heterocycles. The summed E-state index contributed by atoms with van der Waals surface area (Å²) < 4.78 is 13.3. The van der Waals surface area contributed by atoms with Crippen molar-refractivity contribution >= 4 is 40.9 Å². The molecule has 178 valence electrons. The Hall–Kier alpha value is -3.10. The lowest BCUT2D eigenvalue weighted by molar-refractivity contribution is -0.139. The molecule has 0 spiro atoms. The highest BCUT2D eigenvalue weighted by molar-refractivity contribution is 7.07.